The van der Waals surface area contributed by atoms with Gasteiger partial charge in [-0.2, -0.15) is 0 Å². The summed E-state index contributed by atoms with van der Waals surface area (Å²) in [4.78, 5) is 2.09. The van der Waals surface area contributed by atoms with E-state index in [0.29, 0.717) is 0 Å². The summed E-state index contributed by atoms with van der Waals surface area (Å²) in [6.07, 6.45) is 0. The first-order valence-corrected chi connectivity index (χ1v) is 4.33. The predicted molar refractivity (Wildman–Crippen MR) is 58.2 cm³/mol. The Kier molecular flexibility index (Phi) is 3.14. The molecule has 0 atom stereocenters. The summed E-state index contributed by atoms with van der Waals surface area (Å²) in [6, 6.07) is 8.38. The molecule has 0 unspecified atom stereocenters. The Labute approximate surface area is 79.9 Å². The second kappa shape index (κ2) is 4.14. The van der Waals surface area contributed by atoms with Crippen LogP contribution in [-0.2, 0) is 0 Å². The zero-order chi connectivity index (χ0) is 9.84. The number of rotatable bonds is 3. The van der Waals surface area contributed by atoms with E-state index in [0.717, 1.165) is 5.69 Å². The van der Waals surface area contributed by atoms with Crippen LogP contribution in [0, 0.1) is 0 Å². The van der Waals surface area contributed by atoms with E-state index in [1.807, 2.05) is 33.2 Å². The zero-order valence-corrected chi connectivity index (χ0v) is 8.70. The number of hydrazine groups is 1. The summed E-state index contributed by atoms with van der Waals surface area (Å²) in [7, 11) is 7.97. The second-order valence-electron chi connectivity index (χ2n) is 3.19. The van der Waals surface area contributed by atoms with Crippen LogP contribution in [0.15, 0.2) is 24.3 Å². The van der Waals surface area contributed by atoms with Crippen molar-refractivity contribution in [3.63, 3.8) is 0 Å². The molecule has 1 aromatic carbocycles. The fourth-order valence-electron chi connectivity index (χ4n) is 1.10. The average molecular weight is 179 g/mol. The van der Waals surface area contributed by atoms with Gasteiger partial charge in [0.05, 0.1) is 5.69 Å². The van der Waals surface area contributed by atoms with Gasteiger partial charge in [-0.3, -0.25) is 0 Å². The minimum absolute atomic E-state index is 1.16. The SMILES string of the molecule is CNN(C)c1ccc(N(C)C)cc1. The van der Waals surface area contributed by atoms with Gasteiger partial charge in [0, 0.05) is 33.9 Å². The van der Waals surface area contributed by atoms with Crippen LogP contribution in [0.5, 0.6) is 0 Å². The van der Waals surface area contributed by atoms with Crippen LogP contribution < -0.4 is 15.3 Å². The van der Waals surface area contributed by atoms with Gasteiger partial charge < -0.3 is 9.91 Å². The Morgan fingerprint density at radius 1 is 0.923 bits per heavy atom. The Morgan fingerprint density at radius 2 is 1.38 bits per heavy atom. The van der Waals surface area contributed by atoms with Crippen LogP contribution in [0.1, 0.15) is 0 Å². The van der Waals surface area contributed by atoms with Gasteiger partial charge in [-0.25, -0.2) is 5.43 Å². The van der Waals surface area contributed by atoms with Crippen molar-refractivity contribution in [2.45, 2.75) is 0 Å². The molecule has 3 heteroatoms. The molecular formula is C10H17N3. The van der Waals surface area contributed by atoms with Gasteiger partial charge in [-0.05, 0) is 24.3 Å². The fraction of sp³-hybridized carbons (Fsp3) is 0.400. The number of hydrogen-bond donors (Lipinski definition) is 1. The van der Waals surface area contributed by atoms with Gasteiger partial charge in [-0.15, -0.1) is 0 Å². The number of nitrogens with zero attached hydrogens (tertiary/aromatic N) is 2. The summed E-state index contributed by atoms with van der Waals surface area (Å²) < 4.78 is 0. The van der Waals surface area contributed by atoms with Crippen molar-refractivity contribution < 1.29 is 0 Å². The van der Waals surface area contributed by atoms with E-state index in [2.05, 4.69) is 34.6 Å². The highest BCUT2D eigenvalue weighted by Gasteiger charge is 1.98. The maximum absolute atomic E-state index is 3.05. The summed E-state index contributed by atoms with van der Waals surface area (Å²) in [5.74, 6) is 0. The minimum Gasteiger partial charge on any atom is -0.378 e. The molecule has 1 N–H and O–H groups in total. The van der Waals surface area contributed by atoms with Crippen molar-refractivity contribution >= 4 is 11.4 Å². The average Bonchev–Trinajstić information content (AvgIpc) is 2.17. The van der Waals surface area contributed by atoms with Crippen molar-refractivity contribution in [3.05, 3.63) is 24.3 Å². The van der Waals surface area contributed by atoms with E-state index >= 15 is 0 Å². The Hall–Kier alpha value is -1.22. The smallest absolute Gasteiger partial charge is 0.0517 e. The molecule has 1 rings (SSSR count). The number of hydrogen-bond acceptors (Lipinski definition) is 3. The minimum atomic E-state index is 1.16. The highest BCUT2D eigenvalue weighted by atomic mass is 15.5. The lowest BCUT2D eigenvalue weighted by molar-refractivity contribution is 0.791. The third kappa shape index (κ3) is 2.36. The topological polar surface area (TPSA) is 18.5 Å². The van der Waals surface area contributed by atoms with Crippen molar-refractivity contribution in [2.24, 2.45) is 0 Å². The highest BCUT2D eigenvalue weighted by molar-refractivity contribution is 5.54. The third-order valence-corrected chi connectivity index (χ3v) is 2.09. The molecule has 72 valence electrons. The third-order valence-electron chi connectivity index (χ3n) is 2.09. The number of benzene rings is 1. The maximum Gasteiger partial charge on any atom is 0.0517 e. The van der Waals surface area contributed by atoms with E-state index < -0.39 is 0 Å². The van der Waals surface area contributed by atoms with Crippen LogP contribution in [0.4, 0.5) is 11.4 Å². The molecule has 0 saturated carbocycles. The van der Waals surface area contributed by atoms with Crippen molar-refractivity contribution in [1.29, 1.82) is 0 Å². The molecule has 1 aromatic rings. The molecule has 0 fully saturated rings. The quantitative estimate of drug-likeness (QED) is 0.706. The standard InChI is InChI=1S/C10H17N3/c1-11-13(4)10-7-5-9(6-8-10)12(2)3/h5-8,11H,1-4H3. The van der Waals surface area contributed by atoms with E-state index in [9.17, 15) is 0 Å². The molecule has 0 radical (unpaired) electrons. The van der Waals surface area contributed by atoms with Gasteiger partial charge in [0.1, 0.15) is 0 Å². The number of anilines is 2. The summed E-state index contributed by atoms with van der Waals surface area (Å²) in [5.41, 5.74) is 5.43. The highest BCUT2D eigenvalue weighted by Crippen LogP contribution is 2.16. The Bertz CT molecular complexity index is 253. The summed E-state index contributed by atoms with van der Waals surface area (Å²) >= 11 is 0. The van der Waals surface area contributed by atoms with Gasteiger partial charge in [0.25, 0.3) is 0 Å². The molecule has 0 amide bonds. The number of nitrogens with one attached hydrogen (secondary N) is 1. The summed E-state index contributed by atoms with van der Waals surface area (Å²) in [6.45, 7) is 0. The largest absolute Gasteiger partial charge is 0.378 e. The van der Waals surface area contributed by atoms with E-state index in [1.165, 1.54) is 5.69 Å². The molecule has 0 aliphatic heterocycles. The molecular weight excluding hydrogens is 162 g/mol. The van der Waals surface area contributed by atoms with E-state index in [-0.39, 0.29) is 0 Å². The van der Waals surface area contributed by atoms with E-state index in [1.54, 1.807) is 0 Å². The molecule has 0 aliphatic rings. The van der Waals surface area contributed by atoms with Crippen LogP contribution in [0.25, 0.3) is 0 Å². The molecule has 0 aromatic heterocycles. The van der Waals surface area contributed by atoms with Gasteiger partial charge in [0.2, 0.25) is 0 Å². The van der Waals surface area contributed by atoms with Crippen LogP contribution in [-0.4, -0.2) is 28.2 Å². The van der Waals surface area contributed by atoms with Crippen LogP contribution in [0.3, 0.4) is 0 Å². The fourth-order valence-corrected chi connectivity index (χ4v) is 1.10. The molecule has 0 heterocycles. The normalized spacial score (nSPS) is 9.85. The Balaban J connectivity index is 2.81. The second-order valence-corrected chi connectivity index (χ2v) is 3.19. The maximum atomic E-state index is 3.05. The lowest BCUT2D eigenvalue weighted by Gasteiger charge is -2.19. The van der Waals surface area contributed by atoms with Crippen molar-refractivity contribution in [2.75, 3.05) is 38.1 Å². The van der Waals surface area contributed by atoms with Crippen LogP contribution >= 0.6 is 0 Å². The van der Waals surface area contributed by atoms with Gasteiger partial charge >= 0.3 is 0 Å². The van der Waals surface area contributed by atoms with Crippen LogP contribution in [0.2, 0.25) is 0 Å². The molecule has 13 heavy (non-hydrogen) atoms. The first-order chi connectivity index (χ1) is 6.15. The van der Waals surface area contributed by atoms with Crippen molar-refractivity contribution in [3.8, 4) is 0 Å². The van der Waals surface area contributed by atoms with Gasteiger partial charge in [0.15, 0.2) is 0 Å². The Morgan fingerprint density at radius 3 is 1.77 bits per heavy atom. The van der Waals surface area contributed by atoms with Crippen molar-refractivity contribution in [1.82, 2.24) is 5.43 Å². The van der Waals surface area contributed by atoms with Gasteiger partial charge in [-0.1, -0.05) is 0 Å². The zero-order valence-electron chi connectivity index (χ0n) is 8.70. The molecule has 0 aliphatic carbocycles. The summed E-state index contributed by atoms with van der Waals surface area (Å²) in [5, 5.41) is 1.97. The monoisotopic (exact) mass is 179 g/mol. The van der Waals surface area contributed by atoms with E-state index in [4.69, 9.17) is 0 Å². The predicted octanol–water partition coefficient (Wildman–Crippen LogP) is 1.32. The first-order valence-electron chi connectivity index (χ1n) is 4.33. The lowest BCUT2D eigenvalue weighted by Crippen LogP contribution is -2.30. The molecule has 0 saturated heterocycles. The molecule has 3 nitrogen and oxygen atoms in total. The molecule has 0 spiro atoms. The first kappa shape index (κ1) is 9.86. The lowest BCUT2D eigenvalue weighted by atomic mass is 10.2. The molecule has 0 bridgehead atoms.